The number of nitrogen functional groups attached to an aromatic ring is 2. The van der Waals surface area contributed by atoms with Crippen molar-refractivity contribution in [3.8, 4) is 0 Å². The summed E-state index contributed by atoms with van der Waals surface area (Å²) in [5.41, 5.74) is 9.15. The van der Waals surface area contributed by atoms with Gasteiger partial charge < -0.3 is 16.1 Å². The third-order valence-corrected chi connectivity index (χ3v) is 2.45. The highest BCUT2D eigenvalue weighted by atomic mass is 15.3. The molecule has 0 amide bonds. The second-order valence-corrected chi connectivity index (χ2v) is 3.99. The van der Waals surface area contributed by atoms with Gasteiger partial charge in [-0.15, -0.1) is 0 Å². The molecule has 0 radical (unpaired) electrons. The minimum absolute atomic E-state index is 0.179. The first-order valence-corrected chi connectivity index (χ1v) is 5.38. The van der Waals surface area contributed by atoms with Crippen molar-refractivity contribution in [2.24, 2.45) is 12.9 Å². The number of aryl methyl sites for hydroxylation is 1. The topological polar surface area (TPSA) is 111 Å². The highest BCUT2D eigenvalue weighted by Gasteiger charge is 2.08. The van der Waals surface area contributed by atoms with Crippen molar-refractivity contribution >= 4 is 17.6 Å². The van der Waals surface area contributed by atoms with E-state index in [1.54, 1.807) is 10.7 Å². The first-order chi connectivity index (χ1) is 8.58. The van der Waals surface area contributed by atoms with Gasteiger partial charge in [-0.25, -0.2) is 5.84 Å². The van der Waals surface area contributed by atoms with Crippen LogP contribution in [0.15, 0.2) is 18.5 Å². The van der Waals surface area contributed by atoms with E-state index in [1.807, 2.05) is 31.4 Å². The number of aromatic nitrogens is 4. The van der Waals surface area contributed by atoms with Gasteiger partial charge in [-0.2, -0.15) is 15.1 Å². The molecular weight excluding hydrogens is 232 g/mol. The number of rotatable bonds is 4. The van der Waals surface area contributed by atoms with Gasteiger partial charge in [0.1, 0.15) is 11.6 Å². The van der Waals surface area contributed by atoms with E-state index in [0.717, 1.165) is 5.56 Å². The van der Waals surface area contributed by atoms with E-state index < -0.39 is 0 Å². The zero-order valence-electron chi connectivity index (χ0n) is 10.3. The van der Waals surface area contributed by atoms with E-state index in [2.05, 4.69) is 20.5 Å². The van der Waals surface area contributed by atoms with Gasteiger partial charge in [-0.1, -0.05) is 0 Å². The van der Waals surface area contributed by atoms with Crippen molar-refractivity contribution in [1.29, 1.82) is 0 Å². The van der Waals surface area contributed by atoms with Gasteiger partial charge in [0.2, 0.25) is 5.95 Å². The van der Waals surface area contributed by atoms with Gasteiger partial charge in [0.15, 0.2) is 0 Å². The smallest absolute Gasteiger partial charge is 0.223 e. The molecule has 0 aromatic carbocycles. The standard InChI is InChI=1S/C10H16N8/c1-17(5-7-4-13-18(2)6-7)9-3-8(16-12)14-10(11)15-9/h3-4,6H,5,12H2,1-2H3,(H3,11,14,15,16). The van der Waals surface area contributed by atoms with Crippen LogP contribution in [-0.2, 0) is 13.6 Å². The molecule has 8 heteroatoms. The van der Waals surface area contributed by atoms with E-state index in [1.165, 1.54) is 0 Å². The second kappa shape index (κ2) is 4.88. The Hall–Kier alpha value is -2.35. The monoisotopic (exact) mass is 248 g/mol. The number of hydrogen-bond donors (Lipinski definition) is 3. The van der Waals surface area contributed by atoms with Crippen LogP contribution >= 0.6 is 0 Å². The molecule has 0 aliphatic heterocycles. The van der Waals surface area contributed by atoms with E-state index in [9.17, 15) is 0 Å². The Kier molecular flexibility index (Phi) is 3.28. The van der Waals surface area contributed by atoms with Gasteiger partial charge in [0, 0.05) is 38.5 Å². The number of nitrogens with one attached hydrogen (secondary N) is 1. The lowest BCUT2D eigenvalue weighted by Crippen LogP contribution is -2.19. The van der Waals surface area contributed by atoms with Crippen molar-refractivity contribution in [2.75, 3.05) is 23.1 Å². The zero-order valence-corrected chi connectivity index (χ0v) is 10.3. The molecule has 5 N–H and O–H groups in total. The van der Waals surface area contributed by atoms with E-state index in [-0.39, 0.29) is 5.95 Å². The Morgan fingerprint density at radius 1 is 1.44 bits per heavy atom. The van der Waals surface area contributed by atoms with Crippen LogP contribution in [0.25, 0.3) is 0 Å². The number of hydrazine groups is 1. The molecule has 2 heterocycles. The summed E-state index contributed by atoms with van der Waals surface area (Å²) in [6.45, 7) is 0.675. The SMILES string of the molecule is CN(Cc1cnn(C)c1)c1cc(NN)nc(N)n1. The van der Waals surface area contributed by atoms with Gasteiger partial charge >= 0.3 is 0 Å². The Morgan fingerprint density at radius 2 is 2.22 bits per heavy atom. The zero-order chi connectivity index (χ0) is 13.1. The van der Waals surface area contributed by atoms with Gasteiger partial charge in [0.05, 0.1) is 6.20 Å². The number of hydrogen-bond acceptors (Lipinski definition) is 7. The van der Waals surface area contributed by atoms with Gasteiger partial charge in [0.25, 0.3) is 0 Å². The van der Waals surface area contributed by atoms with Crippen molar-refractivity contribution < 1.29 is 0 Å². The van der Waals surface area contributed by atoms with Crippen molar-refractivity contribution in [1.82, 2.24) is 19.7 Å². The fourth-order valence-corrected chi connectivity index (χ4v) is 1.63. The summed E-state index contributed by atoms with van der Waals surface area (Å²) in [4.78, 5) is 10.0. The largest absolute Gasteiger partial charge is 0.368 e. The third kappa shape index (κ3) is 2.66. The molecule has 2 aromatic rings. The van der Waals surface area contributed by atoms with Crippen LogP contribution in [0.3, 0.4) is 0 Å². The predicted molar refractivity (Wildman–Crippen MR) is 69.6 cm³/mol. The lowest BCUT2D eigenvalue weighted by Gasteiger charge is -2.17. The molecule has 0 aliphatic rings. The lowest BCUT2D eigenvalue weighted by molar-refractivity contribution is 0.766. The van der Waals surface area contributed by atoms with Gasteiger partial charge in [-0.05, 0) is 0 Å². The quantitative estimate of drug-likeness (QED) is 0.503. The summed E-state index contributed by atoms with van der Waals surface area (Å²) < 4.78 is 1.75. The predicted octanol–water partition coefficient (Wildman–Crippen LogP) is -0.286. The van der Waals surface area contributed by atoms with Gasteiger partial charge in [-0.3, -0.25) is 4.68 Å². The van der Waals surface area contributed by atoms with Crippen molar-refractivity contribution in [3.05, 3.63) is 24.0 Å². The molecule has 2 rings (SSSR count). The molecule has 0 saturated heterocycles. The normalized spacial score (nSPS) is 10.4. The summed E-state index contributed by atoms with van der Waals surface area (Å²) in [6, 6.07) is 1.73. The summed E-state index contributed by atoms with van der Waals surface area (Å²) in [6.07, 6.45) is 3.76. The molecule has 0 bridgehead atoms. The molecule has 8 nitrogen and oxygen atoms in total. The molecule has 2 aromatic heterocycles. The number of nitrogens with two attached hydrogens (primary N) is 2. The molecule has 0 atom stereocenters. The maximum atomic E-state index is 5.61. The molecule has 0 unspecified atom stereocenters. The average Bonchev–Trinajstić information content (AvgIpc) is 2.73. The van der Waals surface area contributed by atoms with E-state index >= 15 is 0 Å². The van der Waals surface area contributed by atoms with Crippen LogP contribution in [0, 0.1) is 0 Å². The summed E-state index contributed by atoms with van der Waals surface area (Å²) in [5, 5.41) is 4.11. The first kappa shape index (κ1) is 12.1. The number of anilines is 3. The Bertz CT molecular complexity index is 534. The molecule has 0 saturated carbocycles. The molecule has 0 fully saturated rings. The fourth-order valence-electron chi connectivity index (χ4n) is 1.63. The highest BCUT2D eigenvalue weighted by Crippen LogP contribution is 2.16. The van der Waals surface area contributed by atoms with Crippen LogP contribution in [0.2, 0.25) is 0 Å². The fraction of sp³-hybridized carbons (Fsp3) is 0.300. The molecule has 96 valence electrons. The minimum Gasteiger partial charge on any atom is -0.368 e. The molecule has 18 heavy (non-hydrogen) atoms. The van der Waals surface area contributed by atoms with Crippen molar-refractivity contribution in [3.63, 3.8) is 0 Å². The Balaban J connectivity index is 2.17. The summed E-state index contributed by atoms with van der Waals surface area (Å²) >= 11 is 0. The highest BCUT2D eigenvalue weighted by molar-refractivity contribution is 5.51. The maximum Gasteiger partial charge on any atom is 0.223 e. The minimum atomic E-state index is 0.179. The maximum absolute atomic E-state index is 5.61. The summed E-state index contributed by atoms with van der Waals surface area (Å²) in [5.74, 6) is 6.67. The van der Waals surface area contributed by atoms with E-state index in [0.29, 0.717) is 18.2 Å². The lowest BCUT2D eigenvalue weighted by atomic mass is 10.3. The van der Waals surface area contributed by atoms with Crippen molar-refractivity contribution in [2.45, 2.75) is 6.54 Å². The van der Waals surface area contributed by atoms with Crippen LogP contribution in [0.4, 0.5) is 17.6 Å². The summed E-state index contributed by atoms with van der Waals surface area (Å²) in [7, 11) is 3.79. The molecule has 0 aliphatic carbocycles. The molecule has 0 spiro atoms. The number of nitrogens with zero attached hydrogens (tertiary/aromatic N) is 5. The van der Waals surface area contributed by atoms with Crippen LogP contribution < -0.4 is 21.9 Å². The Morgan fingerprint density at radius 3 is 2.83 bits per heavy atom. The average molecular weight is 248 g/mol. The first-order valence-electron chi connectivity index (χ1n) is 5.38. The Labute approximate surface area is 105 Å². The van der Waals surface area contributed by atoms with E-state index in [4.69, 9.17) is 11.6 Å². The van der Waals surface area contributed by atoms with Crippen LogP contribution in [0.5, 0.6) is 0 Å². The van der Waals surface area contributed by atoms with Crippen LogP contribution in [-0.4, -0.2) is 26.8 Å². The van der Waals surface area contributed by atoms with Crippen LogP contribution in [0.1, 0.15) is 5.56 Å². The second-order valence-electron chi connectivity index (χ2n) is 3.99. The molecular formula is C10H16N8. The third-order valence-electron chi connectivity index (χ3n) is 2.45.